The molecule has 2 aliphatic heterocycles. The van der Waals surface area contributed by atoms with E-state index in [4.69, 9.17) is 16.3 Å². The number of benzene rings is 2. The Labute approximate surface area is 198 Å². The third kappa shape index (κ3) is 4.90. The molecule has 3 heterocycles. The van der Waals surface area contributed by atoms with Crippen LogP contribution < -0.4 is 15.4 Å². The minimum Gasteiger partial charge on any atom is -0.496 e. The van der Waals surface area contributed by atoms with Crippen molar-refractivity contribution < 1.29 is 9.13 Å². The van der Waals surface area contributed by atoms with Crippen LogP contribution in [0.4, 0.5) is 15.9 Å². The SMILES string of the molecule is COc1cc2ncnc(Nc3ccc(F)c(Cl)c3)c2cc1CCCCN1CC2CNCC2C1. The summed E-state index contributed by atoms with van der Waals surface area (Å²) in [5.74, 6) is 2.73. The van der Waals surface area contributed by atoms with Gasteiger partial charge < -0.3 is 20.3 Å². The Hall–Kier alpha value is -2.48. The first-order valence-electron chi connectivity index (χ1n) is 11.6. The highest BCUT2D eigenvalue weighted by atomic mass is 35.5. The predicted octanol–water partition coefficient (Wildman–Crippen LogP) is 4.65. The molecule has 0 bridgehead atoms. The second-order valence-corrected chi connectivity index (χ2v) is 9.46. The minimum absolute atomic E-state index is 0.0682. The van der Waals surface area contributed by atoms with Crippen molar-refractivity contribution in [2.24, 2.45) is 11.8 Å². The van der Waals surface area contributed by atoms with Gasteiger partial charge in [-0.05, 0) is 80.6 Å². The lowest BCUT2D eigenvalue weighted by Crippen LogP contribution is -2.26. The average molecular weight is 470 g/mol. The smallest absolute Gasteiger partial charge is 0.141 e. The van der Waals surface area contributed by atoms with Crippen molar-refractivity contribution in [1.82, 2.24) is 20.2 Å². The van der Waals surface area contributed by atoms with E-state index in [0.717, 1.165) is 53.4 Å². The van der Waals surface area contributed by atoms with E-state index in [1.807, 2.05) is 6.07 Å². The second kappa shape index (κ2) is 9.79. The lowest BCUT2D eigenvalue weighted by atomic mass is 10.0. The molecular weight excluding hydrogens is 441 g/mol. The molecular formula is C25H29ClFN5O. The number of anilines is 2. The topological polar surface area (TPSA) is 62.3 Å². The maximum absolute atomic E-state index is 13.5. The molecule has 5 rings (SSSR count). The number of nitrogens with zero attached hydrogens (tertiary/aromatic N) is 3. The number of rotatable bonds is 8. The Bertz CT molecular complexity index is 1130. The molecule has 2 N–H and O–H groups in total. The van der Waals surface area contributed by atoms with Crippen molar-refractivity contribution in [2.75, 3.05) is 45.2 Å². The Morgan fingerprint density at radius 2 is 1.97 bits per heavy atom. The Kier molecular flexibility index (Phi) is 6.62. The molecule has 8 heteroatoms. The van der Waals surface area contributed by atoms with Crippen molar-refractivity contribution in [2.45, 2.75) is 19.3 Å². The van der Waals surface area contributed by atoms with Crippen LogP contribution in [0.25, 0.3) is 10.9 Å². The van der Waals surface area contributed by atoms with Gasteiger partial charge in [0.25, 0.3) is 0 Å². The van der Waals surface area contributed by atoms with Gasteiger partial charge in [0.05, 0.1) is 17.6 Å². The van der Waals surface area contributed by atoms with Crippen LogP contribution in [0.5, 0.6) is 5.75 Å². The standard InChI is InChI=1S/C25H29ClFN5O/c1-33-24-10-23-20(25(30-15-29-23)31-19-5-6-22(27)21(26)9-19)8-16(24)4-2-3-7-32-13-17-11-28-12-18(17)14-32/h5-6,8-10,15,17-18,28H,2-4,7,11-14H2,1H3,(H,29,30,31). The zero-order valence-corrected chi connectivity index (χ0v) is 19.5. The zero-order valence-electron chi connectivity index (χ0n) is 18.8. The Morgan fingerprint density at radius 3 is 2.73 bits per heavy atom. The molecule has 2 atom stereocenters. The fourth-order valence-corrected chi connectivity index (χ4v) is 5.29. The molecule has 6 nitrogen and oxygen atoms in total. The van der Waals surface area contributed by atoms with Gasteiger partial charge in [0.1, 0.15) is 23.7 Å². The van der Waals surface area contributed by atoms with Crippen LogP contribution in [0.15, 0.2) is 36.7 Å². The minimum atomic E-state index is -0.449. The number of aryl methyl sites for hydroxylation is 1. The number of hydrogen-bond donors (Lipinski definition) is 2. The van der Waals surface area contributed by atoms with Gasteiger partial charge in [-0.3, -0.25) is 0 Å². The first-order valence-corrected chi connectivity index (χ1v) is 12.0. The quantitative estimate of drug-likeness (QED) is 0.468. The number of methoxy groups -OCH3 is 1. The average Bonchev–Trinajstić information content (AvgIpc) is 3.41. The summed E-state index contributed by atoms with van der Waals surface area (Å²) in [6.07, 6.45) is 4.70. The number of aromatic nitrogens is 2. The first kappa shape index (κ1) is 22.3. The first-order chi connectivity index (χ1) is 16.1. The molecule has 0 aliphatic carbocycles. The van der Waals surface area contributed by atoms with Gasteiger partial charge in [-0.2, -0.15) is 0 Å². The Morgan fingerprint density at radius 1 is 1.15 bits per heavy atom. The summed E-state index contributed by atoms with van der Waals surface area (Å²) in [6.45, 7) is 5.98. The molecule has 2 aromatic carbocycles. The number of halogens is 2. The fraction of sp³-hybridized carbons (Fsp3) is 0.440. The van der Waals surface area contributed by atoms with Crippen LogP contribution >= 0.6 is 11.6 Å². The van der Waals surface area contributed by atoms with E-state index in [-0.39, 0.29) is 5.02 Å². The van der Waals surface area contributed by atoms with Gasteiger partial charge in [-0.1, -0.05) is 11.6 Å². The van der Waals surface area contributed by atoms with E-state index < -0.39 is 5.82 Å². The summed E-state index contributed by atoms with van der Waals surface area (Å²) < 4.78 is 19.2. The fourth-order valence-electron chi connectivity index (χ4n) is 5.11. The highest BCUT2D eigenvalue weighted by Crippen LogP contribution is 2.32. The summed E-state index contributed by atoms with van der Waals surface area (Å²) >= 11 is 5.94. The number of ether oxygens (including phenoxy) is 1. The van der Waals surface area contributed by atoms with Gasteiger partial charge in [0.2, 0.25) is 0 Å². The van der Waals surface area contributed by atoms with Gasteiger partial charge >= 0.3 is 0 Å². The van der Waals surface area contributed by atoms with Gasteiger partial charge in [-0.15, -0.1) is 0 Å². The van der Waals surface area contributed by atoms with Crippen molar-refractivity contribution in [3.05, 3.63) is 53.1 Å². The number of likely N-dealkylation sites (tertiary alicyclic amines) is 1. The van der Waals surface area contributed by atoms with Crippen LogP contribution in [-0.4, -0.2) is 54.7 Å². The number of hydrogen-bond acceptors (Lipinski definition) is 6. The van der Waals surface area contributed by atoms with E-state index in [1.165, 1.54) is 45.0 Å². The zero-order chi connectivity index (χ0) is 22.8. The summed E-state index contributed by atoms with van der Waals surface area (Å²) in [4.78, 5) is 11.5. The van der Waals surface area contributed by atoms with Gasteiger partial charge in [0.15, 0.2) is 0 Å². The molecule has 0 amide bonds. The second-order valence-electron chi connectivity index (χ2n) is 9.05. The van der Waals surface area contributed by atoms with Crippen LogP contribution in [0.1, 0.15) is 18.4 Å². The van der Waals surface area contributed by atoms with Crippen molar-refractivity contribution in [3.63, 3.8) is 0 Å². The molecule has 2 aliphatic rings. The third-order valence-electron chi connectivity index (χ3n) is 6.86. The van der Waals surface area contributed by atoms with Crippen LogP contribution in [0, 0.1) is 17.7 Å². The summed E-state index contributed by atoms with van der Waals surface area (Å²) in [6, 6.07) is 8.60. The lowest BCUT2D eigenvalue weighted by molar-refractivity contribution is 0.306. The maximum atomic E-state index is 13.5. The summed E-state index contributed by atoms with van der Waals surface area (Å²) in [5, 5.41) is 7.72. The largest absolute Gasteiger partial charge is 0.496 e. The molecule has 2 fully saturated rings. The highest BCUT2D eigenvalue weighted by molar-refractivity contribution is 6.31. The van der Waals surface area contributed by atoms with Crippen LogP contribution in [0.3, 0.4) is 0 Å². The molecule has 2 unspecified atom stereocenters. The molecule has 1 aromatic heterocycles. The molecule has 0 spiro atoms. The van der Waals surface area contributed by atoms with Crippen molar-refractivity contribution >= 4 is 34.0 Å². The Balaban J connectivity index is 1.28. The lowest BCUT2D eigenvalue weighted by Gasteiger charge is -2.17. The predicted molar refractivity (Wildman–Crippen MR) is 130 cm³/mol. The highest BCUT2D eigenvalue weighted by Gasteiger charge is 2.35. The van der Waals surface area contributed by atoms with E-state index in [1.54, 1.807) is 19.2 Å². The normalized spacial score (nSPS) is 20.3. The molecule has 33 heavy (non-hydrogen) atoms. The van der Waals surface area contributed by atoms with Gasteiger partial charge in [0, 0.05) is 30.2 Å². The van der Waals surface area contributed by atoms with Crippen molar-refractivity contribution in [1.29, 1.82) is 0 Å². The van der Waals surface area contributed by atoms with Crippen molar-refractivity contribution in [3.8, 4) is 5.75 Å². The van der Waals surface area contributed by atoms with E-state index in [0.29, 0.717) is 11.5 Å². The molecule has 174 valence electrons. The monoisotopic (exact) mass is 469 g/mol. The number of fused-ring (bicyclic) bond motifs is 2. The number of unbranched alkanes of at least 4 members (excludes halogenated alkanes) is 1. The van der Waals surface area contributed by atoms with E-state index >= 15 is 0 Å². The summed E-state index contributed by atoms with van der Waals surface area (Å²) in [5.41, 5.74) is 2.60. The molecule has 2 saturated heterocycles. The van der Waals surface area contributed by atoms with Crippen LogP contribution in [-0.2, 0) is 6.42 Å². The van der Waals surface area contributed by atoms with E-state index in [9.17, 15) is 4.39 Å². The molecule has 0 saturated carbocycles. The van der Waals surface area contributed by atoms with E-state index in [2.05, 4.69) is 31.6 Å². The molecule has 3 aromatic rings. The number of nitrogens with one attached hydrogen (secondary N) is 2. The van der Waals surface area contributed by atoms with Gasteiger partial charge in [-0.25, -0.2) is 14.4 Å². The van der Waals surface area contributed by atoms with Crippen LogP contribution in [0.2, 0.25) is 5.02 Å². The third-order valence-corrected chi connectivity index (χ3v) is 7.15. The summed E-state index contributed by atoms with van der Waals surface area (Å²) in [7, 11) is 1.70. The molecule has 0 radical (unpaired) electrons. The maximum Gasteiger partial charge on any atom is 0.141 e.